The quantitative estimate of drug-likeness (QED) is 0.762. The zero-order chi connectivity index (χ0) is 9.26. The van der Waals surface area contributed by atoms with Crippen LogP contribution in [0.3, 0.4) is 0 Å². The van der Waals surface area contributed by atoms with Crippen LogP contribution in [0.4, 0.5) is 4.39 Å². The van der Waals surface area contributed by atoms with Gasteiger partial charge in [-0.05, 0) is 12.1 Å². The summed E-state index contributed by atoms with van der Waals surface area (Å²) in [4.78, 5) is 0. The molecule has 0 fully saturated rings. The topological polar surface area (TPSA) is 41.6 Å². The van der Waals surface area contributed by atoms with Crippen LogP contribution < -0.4 is 0 Å². The molecule has 0 aliphatic carbocycles. The van der Waals surface area contributed by atoms with Gasteiger partial charge in [0.15, 0.2) is 0 Å². The van der Waals surface area contributed by atoms with E-state index in [-0.39, 0.29) is 5.56 Å². The van der Waals surface area contributed by atoms with Gasteiger partial charge in [0, 0.05) is 0 Å². The van der Waals surface area contributed by atoms with E-state index in [0.717, 1.165) is 0 Å². The van der Waals surface area contributed by atoms with Crippen molar-refractivity contribution in [3.05, 3.63) is 35.2 Å². The monoisotopic (exact) mass is 197 g/mol. The summed E-state index contributed by atoms with van der Waals surface area (Å²) in [6.07, 6.45) is 1.42. The van der Waals surface area contributed by atoms with Crippen LogP contribution in [0.5, 0.6) is 0 Å². The van der Waals surface area contributed by atoms with Crippen molar-refractivity contribution in [2.45, 2.75) is 0 Å². The van der Waals surface area contributed by atoms with Crippen molar-refractivity contribution in [1.29, 1.82) is 0 Å². The molecule has 3 nitrogen and oxygen atoms in total. The molecule has 0 atom stereocenters. The van der Waals surface area contributed by atoms with Crippen molar-refractivity contribution in [3.63, 3.8) is 0 Å². The lowest BCUT2D eigenvalue weighted by Gasteiger charge is -2.00. The molecular formula is C8H5ClFN3. The molecule has 5 heteroatoms. The van der Waals surface area contributed by atoms with Crippen LogP contribution in [-0.4, -0.2) is 15.4 Å². The fourth-order valence-electron chi connectivity index (χ4n) is 1.06. The van der Waals surface area contributed by atoms with E-state index in [1.165, 1.54) is 12.3 Å². The minimum atomic E-state index is -0.401. The summed E-state index contributed by atoms with van der Waals surface area (Å²) in [7, 11) is 0. The van der Waals surface area contributed by atoms with Crippen LogP contribution in [0.1, 0.15) is 0 Å². The highest BCUT2D eigenvalue weighted by molar-refractivity contribution is 6.33. The molecule has 1 aromatic carbocycles. The maximum absolute atomic E-state index is 13.2. The molecule has 0 aliphatic rings. The fraction of sp³-hybridized carbons (Fsp3) is 0. The average molecular weight is 198 g/mol. The molecule has 0 amide bonds. The smallest absolute Gasteiger partial charge is 0.134 e. The van der Waals surface area contributed by atoms with Crippen molar-refractivity contribution in [1.82, 2.24) is 15.4 Å². The second kappa shape index (κ2) is 3.14. The van der Waals surface area contributed by atoms with Gasteiger partial charge in [-0.2, -0.15) is 15.4 Å². The van der Waals surface area contributed by atoms with Gasteiger partial charge in [0.25, 0.3) is 0 Å². The van der Waals surface area contributed by atoms with E-state index in [0.29, 0.717) is 10.7 Å². The summed E-state index contributed by atoms with van der Waals surface area (Å²) in [5, 5.41) is 10.1. The molecule has 0 aliphatic heterocycles. The molecule has 0 saturated carbocycles. The number of rotatable bonds is 1. The number of hydrogen-bond donors (Lipinski definition) is 1. The van der Waals surface area contributed by atoms with Gasteiger partial charge in [-0.3, -0.25) is 0 Å². The maximum Gasteiger partial charge on any atom is 0.134 e. The predicted octanol–water partition coefficient (Wildman–Crippen LogP) is 2.26. The Morgan fingerprint density at radius 1 is 1.38 bits per heavy atom. The second-order valence-corrected chi connectivity index (χ2v) is 2.86. The summed E-state index contributed by atoms with van der Waals surface area (Å²) >= 11 is 5.80. The van der Waals surface area contributed by atoms with Crippen LogP contribution >= 0.6 is 11.6 Å². The highest BCUT2D eigenvalue weighted by atomic mass is 35.5. The number of nitrogens with one attached hydrogen (secondary N) is 1. The maximum atomic E-state index is 13.2. The summed E-state index contributed by atoms with van der Waals surface area (Å²) in [6.45, 7) is 0. The first kappa shape index (κ1) is 8.19. The molecule has 0 bridgehead atoms. The first-order chi connectivity index (χ1) is 6.29. The fourth-order valence-corrected chi connectivity index (χ4v) is 1.32. The Hall–Kier alpha value is -1.42. The number of aromatic amines is 1. The number of aromatic nitrogens is 3. The summed E-state index contributed by atoms with van der Waals surface area (Å²) < 4.78 is 13.2. The van der Waals surface area contributed by atoms with Gasteiger partial charge in [0.1, 0.15) is 11.5 Å². The van der Waals surface area contributed by atoms with E-state index in [4.69, 9.17) is 11.6 Å². The lowest BCUT2D eigenvalue weighted by Crippen LogP contribution is -1.85. The first-order valence-electron chi connectivity index (χ1n) is 3.59. The Kier molecular flexibility index (Phi) is 1.98. The van der Waals surface area contributed by atoms with E-state index in [1.54, 1.807) is 12.1 Å². The van der Waals surface area contributed by atoms with E-state index < -0.39 is 5.82 Å². The lowest BCUT2D eigenvalue weighted by atomic mass is 10.1. The van der Waals surface area contributed by atoms with Crippen LogP contribution in [0.2, 0.25) is 5.02 Å². The van der Waals surface area contributed by atoms with Gasteiger partial charge in [-0.25, -0.2) is 4.39 Å². The number of benzene rings is 1. The molecule has 13 heavy (non-hydrogen) atoms. The molecule has 0 unspecified atom stereocenters. The van der Waals surface area contributed by atoms with Crippen molar-refractivity contribution in [2.75, 3.05) is 0 Å². The molecule has 1 N–H and O–H groups in total. The van der Waals surface area contributed by atoms with E-state index in [9.17, 15) is 4.39 Å². The number of hydrogen-bond acceptors (Lipinski definition) is 2. The Balaban J connectivity index is 2.64. The minimum Gasteiger partial charge on any atom is -0.206 e. The minimum absolute atomic E-state index is 0.276. The van der Waals surface area contributed by atoms with Gasteiger partial charge < -0.3 is 0 Å². The van der Waals surface area contributed by atoms with Crippen LogP contribution in [0.15, 0.2) is 24.4 Å². The highest BCUT2D eigenvalue weighted by Gasteiger charge is 2.10. The van der Waals surface area contributed by atoms with Gasteiger partial charge in [-0.1, -0.05) is 17.7 Å². The standard InChI is InChI=1S/C8H5ClFN3/c9-5-2-1-3-6(10)8(5)7-4-11-13-12-7/h1-4H,(H,11,12,13). The van der Waals surface area contributed by atoms with Crippen LogP contribution in [0.25, 0.3) is 11.3 Å². The summed E-state index contributed by atoms with van der Waals surface area (Å²) in [5.74, 6) is -0.401. The van der Waals surface area contributed by atoms with Crippen molar-refractivity contribution in [2.24, 2.45) is 0 Å². The molecule has 2 aromatic rings. The van der Waals surface area contributed by atoms with Crippen molar-refractivity contribution >= 4 is 11.6 Å². The first-order valence-corrected chi connectivity index (χ1v) is 3.97. The SMILES string of the molecule is Fc1cccc(Cl)c1-c1cn[nH]n1. The Morgan fingerprint density at radius 3 is 2.85 bits per heavy atom. The van der Waals surface area contributed by atoms with Crippen molar-refractivity contribution < 1.29 is 4.39 Å². The average Bonchev–Trinajstić information content (AvgIpc) is 2.57. The number of nitrogens with zero attached hydrogens (tertiary/aromatic N) is 2. The second-order valence-electron chi connectivity index (χ2n) is 2.45. The molecule has 2 rings (SSSR count). The number of halogens is 2. The highest BCUT2D eigenvalue weighted by Crippen LogP contribution is 2.27. The molecule has 0 radical (unpaired) electrons. The molecule has 1 aromatic heterocycles. The zero-order valence-electron chi connectivity index (χ0n) is 6.46. The van der Waals surface area contributed by atoms with Gasteiger partial charge in [0.05, 0.1) is 16.8 Å². The van der Waals surface area contributed by atoms with E-state index in [2.05, 4.69) is 15.4 Å². The summed E-state index contributed by atoms with van der Waals surface area (Å²) in [5.41, 5.74) is 0.681. The lowest BCUT2D eigenvalue weighted by molar-refractivity contribution is 0.630. The third kappa shape index (κ3) is 1.40. The third-order valence-electron chi connectivity index (χ3n) is 1.63. The normalized spacial score (nSPS) is 10.3. The third-order valence-corrected chi connectivity index (χ3v) is 1.95. The van der Waals surface area contributed by atoms with Crippen molar-refractivity contribution in [3.8, 4) is 11.3 Å². The largest absolute Gasteiger partial charge is 0.206 e. The number of H-pyrrole nitrogens is 1. The Labute approximate surface area is 78.5 Å². The summed E-state index contributed by atoms with van der Waals surface area (Å²) in [6, 6.07) is 4.48. The zero-order valence-corrected chi connectivity index (χ0v) is 7.22. The van der Waals surface area contributed by atoms with E-state index >= 15 is 0 Å². The molecule has 66 valence electrons. The predicted molar refractivity (Wildman–Crippen MR) is 46.8 cm³/mol. The van der Waals surface area contributed by atoms with Gasteiger partial charge >= 0.3 is 0 Å². The Bertz CT molecular complexity index is 393. The molecule has 0 spiro atoms. The Morgan fingerprint density at radius 2 is 2.23 bits per heavy atom. The van der Waals surface area contributed by atoms with Crippen LogP contribution in [-0.2, 0) is 0 Å². The molecule has 1 heterocycles. The molecule has 0 saturated heterocycles. The van der Waals surface area contributed by atoms with Gasteiger partial charge in [-0.15, -0.1) is 0 Å². The van der Waals surface area contributed by atoms with E-state index in [1.807, 2.05) is 0 Å². The van der Waals surface area contributed by atoms with Gasteiger partial charge in [0.2, 0.25) is 0 Å². The van der Waals surface area contributed by atoms with Crippen LogP contribution in [0, 0.1) is 5.82 Å². The molecular weight excluding hydrogens is 193 g/mol.